The Bertz CT molecular complexity index is 523. The lowest BCUT2D eigenvalue weighted by Gasteiger charge is -2.57. The quantitative estimate of drug-likeness (QED) is 0.461. The molecule has 0 N–H and O–H groups in total. The van der Waals surface area contributed by atoms with Gasteiger partial charge in [0.2, 0.25) is 0 Å². The lowest BCUT2D eigenvalue weighted by atomic mass is 9.47. The Morgan fingerprint density at radius 1 is 1.36 bits per heavy atom. The van der Waals surface area contributed by atoms with E-state index in [-0.39, 0.29) is 16.8 Å². The molecule has 0 spiro atoms. The van der Waals surface area contributed by atoms with Gasteiger partial charge in [-0.3, -0.25) is 9.59 Å². The second-order valence-corrected chi connectivity index (χ2v) is 9.04. The minimum atomic E-state index is -0.189. The third-order valence-corrected chi connectivity index (χ3v) is 7.49. The van der Waals surface area contributed by atoms with Crippen LogP contribution in [0.15, 0.2) is 11.6 Å². The molecule has 0 aliphatic heterocycles. The number of rotatable bonds is 7. The second kappa shape index (κ2) is 8.05. The van der Waals surface area contributed by atoms with E-state index in [1.54, 1.807) is 0 Å². The molecule has 1 unspecified atom stereocenters. The van der Waals surface area contributed by atoms with E-state index < -0.39 is 0 Å². The summed E-state index contributed by atoms with van der Waals surface area (Å²) < 4.78 is 5.10. The van der Waals surface area contributed by atoms with Crippen LogP contribution in [0.5, 0.6) is 0 Å². The minimum Gasteiger partial charge on any atom is -0.466 e. The molecule has 0 bridgehead atoms. The van der Waals surface area contributed by atoms with Crippen LogP contribution in [0.25, 0.3) is 0 Å². The van der Waals surface area contributed by atoms with Crippen LogP contribution in [0.3, 0.4) is 0 Å². The summed E-state index contributed by atoms with van der Waals surface area (Å²) in [5, 5.41) is 0. The first-order valence-electron chi connectivity index (χ1n) is 10.0. The van der Waals surface area contributed by atoms with E-state index in [2.05, 4.69) is 33.8 Å². The van der Waals surface area contributed by atoms with Crippen LogP contribution in [-0.4, -0.2) is 18.9 Å². The number of esters is 1. The molecule has 0 radical (unpaired) electrons. The van der Waals surface area contributed by atoms with Crippen LogP contribution >= 0.6 is 0 Å². The van der Waals surface area contributed by atoms with Gasteiger partial charge in [0, 0.05) is 6.92 Å². The average Bonchev–Trinajstić information content (AvgIpc) is 2.56. The largest absolute Gasteiger partial charge is 0.466 e. The van der Waals surface area contributed by atoms with Gasteiger partial charge in [0.05, 0.1) is 6.61 Å². The van der Waals surface area contributed by atoms with Gasteiger partial charge in [0.15, 0.2) is 0 Å². The van der Waals surface area contributed by atoms with Crippen LogP contribution in [0.2, 0.25) is 0 Å². The Balaban J connectivity index is 2.05. The summed E-state index contributed by atoms with van der Waals surface area (Å²) in [5.41, 5.74) is 1.39. The smallest absolute Gasteiger partial charge is 0.302 e. The van der Waals surface area contributed by atoms with E-state index in [0.29, 0.717) is 24.4 Å². The monoisotopic (exact) mass is 348 g/mol. The molecule has 2 rings (SSSR count). The van der Waals surface area contributed by atoms with Gasteiger partial charge in [-0.1, -0.05) is 40.2 Å². The number of hydrogen-bond acceptors (Lipinski definition) is 3. The summed E-state index contributed by atoms with van der Waals surface area (Å²) in [6, 6.07) is 0. The molecular weight excluding hydrogens is 312 g/mol. The van der Waals surface area contributed by atoms with Crippen molar-refractivity contribution in [1.82, 2.24) is 0 Å². The number of aldehydes is 1. The van der Waals surface area contributed by atoms with Gasteiger partial charge in [-0.05, 0) is 72.7 Å². The molecule has 0 aromatic heterocycles. The zero-order chi connectivity index (χ0) is 18.7. The van der Waals surface area contributed by atoms with Crippen molar-refractivity contribution in [2.45, 2.75) is 79.6 Å². The van der Waals surface area contributed by atoms with E-state index in [1.165, 1.54) is 26.2 Å². The van der Waals surface area contributed by atoms with Crippen molar-refractivity contribution in [2.24, 2.45) is 28.6 Å². The lowest BCUT2D eigenvalue weighted by molar-refractivity contribution is -0.141. The Labute approximate surface area is 153 Å². The fraction of sp³-hybridized carbons (Fsp3) is 0.818. The highest BCUT2D eigenvalue weighted by Gasteiger charge is 2.53. The van der Waals surface area contributed by atoms with Crippen LogP contribution in [0.1, 0.15) is 79.6 Å². The summed E-state index contributed by atoms with van der Waals surface area (Å²) in [4.78, 5) is 22.6. The highest BCUT2D eigenvalue weighted by atomic mass is 16.5. The van der Waals surface area contributed by atoms with Crippen molar-refractivity contribution in [2.75, 3.05) is 6.61 Å². The van der Waals surface area contributed by atoms with Crippen molar-refractivity contribution in [1.29, 1.82) is 0 Å². The van der Waals surface area contributed by atoms with Crippen molar-refractivity contribution in [3.63, 3.8) is 0 Å². The molecule has 0 heterocycles. The van der Waals surface area contributed by atoms with E-state index >= 15 is 0 Å². The number of allylic oxidation sites excluding steroid dienone is 2. The maximum Gasteiger partial charge on any atom is 0.302 e. The van der Waals surface area contributed by atoms with Crippen molar-refractivity contribution in [3.05, 3.63) is 11.6 Å². The van der Waals surface area contributed by atoms with E-state index in [1.807, 2.05) is 0 Å². The third kappa shape index (κ3) is 4.17. The fourth-order valence-electron chi connectivity index (χ4n) is 5.43. The first-order chi connectivity index (χ1) is 11.7. The van der Waals surface area contributed by atoms with Gasteiger partial charge >= 0.3 is 5.97 Å². The van der Waals surface area contributed by atoms with Gasteiger partial charge in [-0.25, -0.2) is 0 Å². The lowest BCUT2D eigenvalue weighted by Crippen LogP contribution is -2.50. The Hall–Kier alpha value is -1.12. The van der Waals surface area contributed by atoms with Crippen LogP contribution < -0.4 is 0 Å². The standard InChI is InChI=1S/C22H36O3/c1-16(11-14-25-18(3)24)9-12-21(4)17(2)10-13-22(5)19(15-23)7-6-8-20(21)22/h7,15-17,20H,6,8-14H2,1-5H3/t16?,17-,20-,21+,22-/m0/s1. The molecule has 142 valence electrons. The Kier molecular flexibility index (Phi) is 6.51. The first kappa shape index (κ1) is 20.2. The van der Waals surface area contributed by atoms with Crippen LogP contribution in [0.4, 0.5) is 0 Å². The van der Waals surface area contributed by atoms with Crippen LogP contribution in [-0.2, 0) is 14.3 Å². The molecule has 25 heavy (non-hydrogen) atoms. The van der Waals surface area contributed by atoms with Gasteiger partial charge in [0.1, 0.15) is 6.29 Å². The third-order valence-electron chi connectivity index (χ3n) is 7.49. The molecule has 1 saturated carbocycles. The molecule has 0 aromatic rings. The van der Waals surface area contributed by atoms with Crippen molar-refractivity contribution < 1.29 is 14.3 Å². The summed E-state index contributed by atoms with van der Waals surface area (Å²) in [6.45, 7) is 11.5. The predicted octanol–water partition coefficient (Wildman–Crippen LogP) is 5.33. The normalized spacial score (nSPS) is 36.1. The average molecular weight is 349 g/mol. The highest BCUT2D eigenvalue weighted by Crippen LogP contribution is 2.61. The van der Waals surface area contributed by atoms with Gasteiger partial charge in [-0.15, -0.1) is 0 Å². The minimum absolute atomic E-state index is 0.0578. The van der Waals surface area contributed by atoms with Crippen LogP contribution in [0, 0.1) is 28.6 Å². The second-order valence-electron chi connectivity index (χ2n) is 9.04. The molecule has 5 atom stereocenters. The fourth-order valence-corrected chi connectivity index (χ4v) is 5.43. The molecule has 0 saturated heterocycles. The van der Waals surface area contributed by atoms with E-state index in [0.717, 1.165) is 37.5 Å². The van der Waals surface area contributed by atoms with Crippen molar-refractivity contribution >= 4 is 12.3 Å². The zero-order valence-corrected chi connectivity index (χ0v) is 16.8. The Morgan fingerprint density at radius 2 is 2.08 bits per heavy atom. The SMILES string of the molecule is CC(=O)OCCC(C)CC[C@]1(C)[C@@H](C)CC[C@@]2(C)C(C=O)=CCC[C@@H]12. The summed E-state index contributed by atoms with van der Waals surface area (Å²) in [6.07, 6.45) is 11.2. The molecular formula is C22H36O3. The van der Waals surface area contributed by atoms with Gasteiger partial charge in [-0.2, -0.15) is 0 Å². The summed E-state index contributed by atoms with van der Waals surface area (Å²) >= 11 is 0. The molecule has 3 heteroatoms. The zero-order valence-electron chi connectivity index (χ0n) is 16.8. The summed E-state index contributed by atoms with van der Waals surface area (Å²) in [7, 11) is 0. The number of ether oxygens (including phenoxy) is 1. The number of hydrogen-bond donors (Lipinski definition) is 0. The maximum atomic E-state index is 11.6. The Morgan fingerprint density at radius 3 is 2.72 bits per heavy atom. The molecule has 0 aromatic carbocycles. The van der Waals surface area contributed by atoms with Gasteiger partial charge in [0.25, 0.3) is 0 Å². The van der Waals surface area contributed by atoms with E-state index in [9.17, 15) is 9.59 Å². The number of carbonyl (C=O) groups excluding carboxylic acids is 2. The molecule has 2 aliphatic carbocycles. The first-order valence-corrected chi connectivity index (χ1v) is 10.0. The summed E-state index contributed by atoms with van der Waals surface area (Å²) in [5.74, 6) is 1.65. The molecule has 0 amide bonds. The number of fused-ring (bicyclic) bond motifs is 1. The molecule has 2 aliphatic rings. The topological polar surface area (TPSA) is 43.4 Å². The van der Waals surface area contributed by atoms with E-state index in [4.69, 9.17) is 4.74 Å². The van der Waals surface area contributed by atoms with Gasteiger partial charge < -0.3 is 4.74 Å². The maximum absolute atomic E-state index is 11.6. The highest BCUT2D eigenvalue weighted by molar-refractivity contribution is 5.76. The van der Waals surface area contributed by atoms with Crippen molar-refractivity contribution in [3.8, 4) is 0 Å². The molecule has 1 fully saturated rings. The predicted molar refractivity (Wildman–Crippen MR) is 101 cm³/mol. The number of carbonyl (C=O) groups is 2. The molecule has 3 nitrogen and oxygen atoms in total.